The molecule has 0 aliphatic carbocycles. The van der Waals surface area contributed by atoms with Gasteiger partial charge in [0, 0.05) is 23.6 Å². The minimum atomic E-state index is -0.729. The first-order chi connectivity index (χ1) is 16.6. The lowest BCUT2D eigenvalue weighted by Gasteiger charge is -2.27. The number of benzene rings is 2. The van der Waals surface area contributed by atoms with Gasteiger partial charge in [0.05, 0.1) is 17.9 Å². The van der Waals surface area contributed by atoms with Crippen molar-refractivity contribution >= 4 is 34.7 Å². The SMILES string of the molecule is CCCC(C(=O)NC=O)N1C(=O)c2cccc3c(Cc4cnn(C5CCNCC5)c4)ccc1c23. The average Bonchev–Trinajstić information content (AvgIpc) is 3.44. The summed E-state index contributed by atoms with van der Waals surface area (Å²) in [4.78, 5) is 38.5. The first-order valence-electron chi connectivity index (χ1n) is 12.0. The third kappa shape index (κ3) is 3.88. The molecule has 1 aromatic heterocycles. The average molecular weight is 460 g/mol. The number of anilines is 1. The van der Waals surface area contributed by atoms with Crippen LogP contribution in [-0.2, 0) is 16.0 Å². The van der Waals surface area contributed by atoms with Gasteiger partial charge in [-0.25, -0.2) is 0 Å². The van der Waals surface area contributed by atoms with E-state index in [0.717, 1.165) is 53.5 Å². The lowest BCUT2D eigenvalue weighted by Crippen LogP contribution is -2.48. The molecule has 3 amide bonds. The van der Waals surface area contributed by atoms with Crippen molar-refractivity contribution in [1.29, 1.82) is 0 Å². The van der Waals surface area contributed by atoms with Gasteiger partial charge in [0.25, 0.3) is 5.91 Å². The quantitative estimate of drug-likeness (QED) is 0.505. The highest BCUT2D eigenvalue weighted by Gasteiger charge is 2.38. The smallest absolute Gasteiger partial charge is 0.259 e. The van der Waals surface area contributed by atoms with Gasteiger partial charge in [-0.15, -0.1) is 0 Å². The van der Waals surface area contributed by atoms with Crippen LogP contribution in [0.4, 0.5) is 5.69 Å². The lowest BCUT2D eigenvalue weighted by atomic mass is 9.97. The lowest BCUT2D eigenvalue weighted by molar-refractivity contribution is -0.126. The van der Waals surface area contributed by atoms with Crippen LogP contribution < -0.4 is 15.5 Å². The van der Waals surface area contributed by atoms with Crippen molar-refractivity contribution in [2.75, 3.05) is 18.0 Å². The zero-order valence-corrected chi connectivity index (χ0v) is 19.3. The van der Waals surface area contributed by atoms with Crippen LogP contribution in [0.1, 0.15) is 60.1 Å². The van der Waals surface area contributed by atoms with Gasteiger partial charge in [-0.2, -0.15) is 5.10 Å². The molecule has 0 saturated carbocycles. The molecule has 5 rings (SSSR count). The summed E-state index contributed by atoms with van der Waals surface area (Å²) in [5.74, 6) is -0.656. The predicted octanol–water partition coefficient (Wildman–Crippen LogP) is 2.95. The van der Waals surface area contributed by atoms with Crippen LogP contribution in [0.15, 0.2) is 42.7 Å². The molecule has 2 aromatic carbocycles. The summed E-state index contributed by atoms with van der Waals surface area (Å²) in [5.41, 5.74) is 3.57. The monoisotopic (exact) mass is 459 g/mol. The van der Waals surface area contributed by atoms with Crippen molar-refractivity contribution in [3.8, 4) is 0 Å². The van der Waals surface area contributed by atoms with Crippen molar-refractivity contribution < 1.29 is 14.4 Å². The van der Waals surface area contributed by atoms with E-state index in [1.54, 1.807) is 4.90 Å². The Bertz CT molecular complexity index is 1240. The molecule has 34 heavy (non-hydrogen) atoms. The normalized spacial score (nSPS) is 16.7. The second kappa shape index (κ2) is 9.38. The number of amides is 3. The third-order valence-electron chi connectivity index (χ3n) is 6.93. The number of carbonyl (C=O) groups is 3. The minimum Gasteiger partial charge on any atom is -0.317 e. The van der Waals surface area contributed by atoms with E-state index >= 15 is 0 Å². The van der Waals surface area contributed by atoms with E-state index < -0.39 is 11.9 Å². The molecule has 1 atom stereocenters. The molecular formula is C26H29N5O3. The second-order valence-corrected chi connectivity index (χ2v) is 9.06. The third-order valence-corrected chi connectivity index (χ3v) is 6.93. The minimum absolute atomic E-state index is 0.198. The Morgan fingerprint density at radius 1 is 1.26 bits per heavy atom. The van der Waals surface area contributed by atoms with Crippen molar-refractivity contribution in [3.05, 3.63) is 59.4 Å². The van der Waals surface area contributed by atoms with Gasteiger partial charge in [0.1, 0.15) is 6.04 Å². The number of rotatable bonds is 8. The number of hydrogen-bond acceptors (Lipinski definition) is 5. The maximum absolute atomic E-state index is 13.4. The zero-order chi connectivity index (χ0) is 23.7. The highest BCUT2D eigenvalue weighted by atomic mass is 16.2. The summed E-state index contributed by atoms with van der Waals surface area (Å²) < 4.78 is 2.09. The Labute approximate surface area is 198 Å². The maximum Gasteiger partial charge on any atom is 0.259 e. The van der Waals surface area contributed by atoms with E-state index in [1.807, 2.05) is 43.5 Å². The zero-order valence-electron chi connectivity index (χ0n) is 19.3. The van der Waals surface area contributed by atoms with Crippen LogP contribution >= 0.6 is 0 Å². The molecule has 1 fully saturated rings. The summed E-state index contributed by atoms with van der Waals surface area (Å²) >= 11 is 0. The molecular weight excluding hydrogens is 430 g/mol. The number of aromatic nitrogens is 2. The number of carbonyl (C=O) groups excluding carboxylic acids is 3. The molecule has 8 nitrogen and oxygen atoms in total. The number of piperidine rings is 1. The largest absolute Gasteiger partial charge is 0.317 e. The molecule has 1 unspecified atom stereocenters. The van der Waals surface area contributed by atoms with E-state index in [1.165, 1.54) is 0 Å². The van der Waals surface area contributed by atoms with Gasteiger partial charge < -0.3 is 5.32 Å². The van der Waals surface area contributed by atoms with E-state index in [-0.39, 0.29) is 5.91 Å². The fourth-order valence-corrected chi connectivity index (χ4v) is 5.29. The molecule has 1 saturated heterocycles. The number of imide groups is 1. The molecule has 3 aromatic rings. The Morgan fingerprint density at radius 3 is 2.85 bits per heavy atom. The molecule has 3 heterocycles. The van der Waals surface area contributed by atoms with Crippen LogP contribution in [0, 0.1) is 0 Å². The van der Waals surface area contributed by atoms with Gasteiger partial charge in [0.2, 0.25) is 12.3 Å². The van der Waals surface area contributed by atoms with Gasteiger partial charge in [-0.05, 0) is 61.0 Å². The summed E-state index contributed by atoms with van der Waals surface area (Å²) in [6, 6.07) is 9.41. The van der Waals surface area contributed by atoms with E-state index in [0.29, 0.717) is 37.3 Å². The fraction of sp³-hybridized carbons (Fsp3) is 0.385. The molecule has 2 aliphatic rings. The van der Waals surface area contributed by atoms with Gasteiger partial charge in [-0.3, -0.25) is 29.3 Å². The molecule has 8 heteroatoms. The Morgan fingerprint density at radius 2 is 2.09 bits per heavy atom. The molecule has 2 aliphatic heterocycles. The predicted molar refractivity (Wildman–Crippen MR) is 130 cm³/mol. The number of nitrogens with one attached hydrogen (secondary N) is 2. The van der Waals surface area contributed by atoms with E-state index in [2.05, 4.69) is 26.6 Å². The molecule has 0 radical (unpaired) electrons. The molecule has 2 N–H and O–H groups in total. The van der Waals surface area contributed by atoms with Crippen LogP contribution in [0.3, 0.4) is 0 Å². The van der Waals surface area contributed by atoms with Crippen molar-refractivity contribution in [1.82, 2.24) is 20.4 Å². The topological polar surface area (TPSA) is 96.3 Å². The Hall–Kier alpha value is -3.52. The fourth-order valence-electron chi connectivity index (χ4n) is 5.29. The Balaban J connectivity index is 1.49. The van der Waals surface area contributed by atoms with Crippen LogP contribution in [0.5, 0.6) is 0 Å². The molecule has 0 bridgehead atoms. The summed E-state index contributed by atoms with van der Waals surface area (Å²) in [6.45, 7) is 3.99. The number of nitrogens with zero attached hydrogens (tertiary/aromatic N) is 3. The molecule has 176 valence electrons. The second-order valence-electron chi connectivity index (χ2n) is 9.06. The van der Waals surface area contributed by atoms with Gasteiger partial charge in [0.15, 0.2) is 0 Å². The van der Waals surface area contributed by atoms with Crippen molar-refractivity contribution in [3.63, 3.8) is 0 Å². The highest BCUT2D eigenvalue weighted by molar-refractivity contribution is 6.27. The van der Waals surface area contributed by atoms with Gasteiger partial charge in [-0.1, -0.05) is 31.5 Å². The first kappa shape index (κ1) is 22.3. The van der Waals surface area contributed by atoms with Crippen LogP contribution in [-0.4, -0.2) is 47.1 Å². The first-order valence-corrected chi connectivity index (χ1v) is 12.0. The van der Waals surface area contributed by atoms with Gasteiger partial charge >= 0.3 is 0 Å². The molecule has 0 spiro atoms. The maximum atomic E-state index is 13.4. The van der Waals surface area contributed by atoms with Crippen LogP contribution in [0.25, 0.3) is 10.8 Å². The van der Waals surface area contributed by atoms with Crippen molar-refractivity contribution in [2.45, 2.75) is 51.1 Å². The number of hydrogen-bond donors (Lipinski definition) is 2. The van der Waals surface area contributed by atoms with E-state index in [4.69, 9.17) is 0 Å². The summed E-state index contributed by atoms with van der Waals surface area (Å²) in [7, 11) is 0. The van der Waals surface area contributed by atoms with Crippen molar-refractivity contribution in [2.24, 2.45) is 0 Å². The van der Waals surface area contributed by atoms with E-state index in [9.17, 15) is 14.4 Å². The van der Waals surface area contributed by atoms with Crippen LogP contribution in [0.2, 0.25) is 0 Å². The highest BCUT2D eigenvalue weighted by Crippen LogP contribution is 2.41. The Kier molecular flexibility index (Phi) is 6.15. The standard InChI is InChI=1S/C26H29N5O3/c1-2-4-23(25(33)28-16-32)31-22-8-7-18(20-5-3-6-21(24(20)22)26(31)34)13-17-14-29-30(15-17)19-9-11-27-12-10-19/h3,5-8,14-16,19,23,27H,2,4,9-13H2,1H3,(H,28,32,33). The summed E-state index contributed by atoms with van der Waals surface area (Å²) in [5, 5.41) is 12.1. The summed E-state index contributed by atoms with van der Waals surface area (Å²) in [6.07, 6.45) is 8.50.